The molecule has 0 aliphatic heterocycles. The predicted molar refractivity (Wildman–Crippen MR) is 89.5 cm³/mol. The van der Waals surface area contributed by atoms with E-state index in [1.165, 1.54) is 18.9 Å². The van der Waals surface area contributed by atoms with Crippen molar-refractivity contribution < 1.29 is 14.3 Å². The summed E-state index contributed by atoms with van der Waals surface area (Å²) in [5.41, 5.74) is 0.835. The van der Waals surface area contributed by atoms with E-state index in [4.69, 9.17) is 9.47 Å². The SMILES string of the molecule is C=CCn1c(S[C@@H](C)C(=O)OC)nnc1-c1ccccc1OC. The van der Waals surface area contributed by atoms with Gasteiger partial charge in [0.1, 0.15) is 11.0 Å². The van der Waals surface area contributed by atoms with Gasteiger partial charge in [-0.3, -0.25) is 9.36 Å². The fourth-order valence-corrected chi connectivity index (χ4v) is 2.96. The van der Waals surface area contributed by atoms with E-state index < -0.39 is 0 Å². The molecule has 1 aromatic carbocycles. The Morgan fingerprint density at radius 2 is 2.13 bits per heavy atom. The van der Waals surface area contributed by atoms with Crippen molar-refractivity contribution in [3.8, 4) is 17.1 Å². The fraction of sp³-hybridized carbons (Fsp3) is 0.312. The molecule has 0 unspecified atom stereocenters. The lowest BCUT2D eigenvalue weighted by atomic mass is 10.2. The molecule has 0 saturated heterocycles. The number of hydrogen-bond acceptors (Lipinski definition) is 6. The van der Waals surface area contributed by atoms with Crippen LogP contribution >= 0.6 is 11.8 Å². The van der Waals surface area contributed by atoms with E-state index in [0.717, 1.165) is 5.56 Å². The van der Waals surface area contributed by atoms with Gasteiger partial charge in [-0.1, -0.05) is 30.0 Å². The highest BCUT2D eigenvalue weighted by molar-refractivity contribution is 8.00. The first-order valence-corrected chi connectivity index (χ1v) is 7.92. The largest absolute Gasteiger partial charge is 0.496 e. The third kappa shape index (κ3) is 3.73. The van der Waals surface area contributed by atoms with Gasteiger partial charge in [-0.2, -0.15) is 0 Å². The van der Waals surface area contributed by atoms with Crippen LogP contribution in [-0.2, 0) is 16.1 Å². The number of hydrogen-bond donors (Lipinski definition) is 0. The number of carbonyl (C=O) groups is 1. The van der Waals surface area contributed by atoms with Crippen LogP contribution in [0, 0.1) is 0 Å². The molecular formula is C16H19N3O3S. The molecule has 6 nitrogen and oxygen atoms in total. The van der Waals surface area contributed by atoms with E-state index in [9.17, 15) is 4.79 Å². The van der Waals surface area contributed by atoms with Gasteiger partial charge < -0.3 is 9.47 Å². The second-order valence-electron chi connectivity index (χ2n) is 4.69. The summed E-state index contributed by atoms with van der Waals surface area (Å²) in [7, 11) is 2.98. The van der Waals surface area contributed by atoms with Crippen LogP contribution in [0.5, 0.6) is 5.75 Å². The molecule has 0 bridgehead atoms. The molecule has 0 aliphatic rings. The molecule has 0 saturated carbocycles. The Bertz CT molecular complexity index is 700. The van der Waals surface area contributed by atoms with Crippen LogP contribution in [0.15, 0.2) is 42.1 Å². The number of esters is 1. The topological polar surface area (TPSA) is 66.2 Å². The summed E-state index contributed by atoms with van der Waals surface area (Å²) in [5.74, 6) is 1.08. The van der Waals surface area contributed by atoms with E-state index in [2.05, 4.69) is 16.8 Å². The van der Waals surface area contributed by atoms with Crippen molar-refractivity contribution in [2.75, 3.05) is 14.2 Å². The van der Waals surface area contributed by atoms with Crippen LogP contribution in [-0.4, -0.2) is 40.2 Å². The number of ether oxygens (including phenoxy) is 2. The maximum absolute atomic E-state index is 11.6. The Morgan fingerprint density at radius 1 is 1.39 bits per heavy atom. The molecule has 0 spiro atoms. The number of nitrogens with zero attached hydrogens (tertiary/aromatic N) is 3. The van der Waals surface area contributed by atoms with E-state index in [1.54, 1.807) is 20.1 Å². The van der Waals surface area contributed by atoms with Crippen molar-refractivity contribution in [2.24, 2.45) is 0 Å². The Balaban J connectivity index is 2.42. The molecule has 1 heterocycles. The van der Waals surface area contributed by atoms with Gasteiger partial charge in [-0.15, -0.1) is 16.8 Å². The summed E-state index contributed by atoms with van der Waals surface area (Å²) >= 11 is 1.30. The molecule has 0 aliphatic carbocycles. The zero-order valence-electron chi connectivity index (χ0n) is 13.4. The Kier molecular flexibility index (Phi) is 5.81. The highest BCUT2D eigenvalue weighted by atomic mass is 32.2. The molecule has 122 valence electrons. The van der Waals surface area contributed by atoms with Crippen LogP contribution in [0.2, 0.25) is 0 Å². The van der Waals surface area contributed by atoms with E-state index in [-0.39, 0.29) is 11.2 Å². The molecular weight excluding hydrogens is 314 g/mol. The second-order valence-corrected chi connectivity index (χ2v) is 6.00. The molecule has 2 aromatic rings. The van der Waals surface area contributed by atoms with Gasteiger partial charge in [0.25, 0.3) is 0 Å². The van der Waals surface area contributed by atoms with E-state index in [1.807, 2.05) is 28.8 Å². The van der Waals surface area contributed by atoms with Crippen molar-refractivity contribution in [3.05, 3.63) is 36.9 Å². The third-order valence-corrected chi connectivity index (χ3v) is 4.25. The molecule has 2 rings (SSSR count). The molecule has 1 atom stereocenters. The predicted octanol–water partition coefficient (Wildman–Crippen LogP) is 2.79. The molecule has 0 radical (unpaired) electrons. The van der Waals surface area contributed by atoms with Crippen molar-refractivity contribution in [1.82, 2.24) is 14.8 Å². The average molecular weight is 333 g/mol. The fourth-order valence-electron chi connectivity index (χ4n) is 2.07. The normalized spacial score (nSPS) is 11.8. The third-order valence-electron chi connectivity index (χ3n) is 3.19. The molecule has 0 N–H and O–H groups in total. The number of methoxy groups -OCH3 is 2. The minimum atomic E-state index is -0.377. The smallest absolute Gasteiger partial charge is 0.318 e. The van der Waals surface area contributed by atoms with Gasteiger partial charge in [0.15, 0.2) is 11.0 Å². The van der Waals surface area contributed by atoms with Gasteiger partial charge in [0, 0.05) is 6.54 Å². The number of benzene rings is 1. The number of carbonyl (C=O) groups excluding carboxylic acids is 1. The van der Waals surface area contributed by atoms with Gasteiger partial charge in [0.05, 0.1) is 19.8 Å². The van der Waals surface area contributed by atoms with Crippen molar-refractivity contribution in [2.45, 2.75) is 23.9 Å². The Hall–Kier alpha value is -2.28. The van der Waals surface area contributed by atoms with Crippen LogP contribution < -0.4 is 4.74 Å². The summed E-state index contributed by atoms with van der Waals surface area (Å²) in [5, 5.41) is 8.72. The van der Waals surface area contributed by atoms with Crippen LogP contribution in [0.25, 0.3) is 11.4 Å². The minimum absolute atomic E-state index is 0.304. The van der Waals surface area contributed by atoms with Crippen molar-refractivity contribution in [3.63, 3.8) is 0 Å². The number of aromatic nitrogens is 3. The second kappa shape index (κ2) is 7.82. The number of allylic oxidation sites excluding steroid dienone is 1. The maximum atomic E-state index is 11.6. The van der Waals surface area contributed by atoms with E-state index in [0.29, 0.717) is 23.3 Å². The lowest BCUT2D eigenvalue weighted by Crippen LogP contribution is -2.15. The highest BCUT2D eigenvalue weighted by Crippen LogP contribution is 2.32. The van der Waals surface area contributed by atoms with Crippen LogP contribution in [0.4, 0.5) is 0 Å². The minimum Gasteiger partial charge on any atom is -0.496 e. The standard InChI is InChI=1S/C16H19N3O3S/c1-5-10-19-14(12-8-6-7-9-13(12)21-3)17-18-16(19)23-11(2)15(20)22-4/h5-9,11H,1,10H2,2-4H3/t11-/m0/s1. The number of rotatable bonds is 7. The van der Waals surface area contributed by atoms with Crippen molar-refractivity contribution >= 4 is 17.7 Å². The summed E-state index contributed by atoms with van der Waals surface area (Å²) in [4.78, 5) is 11.6. The van der Waals surface area contributed by atoms with Crippen LogP contribution in [0.1, 0.15) is 6.92 Å². The Morgan fingerprint density at radius 3 is 2.78 bits per heavy atom. The van der Waals surface area contributed by atoms with Gasteiger partial charge in [0.2, 0.25) is 0 Å². The summed E-state index contributed by atoms with van der Waals surface area (Å²) in [6, 6.07) is 7.59. The molecule has 0 amide bonds. The molecule has 1 aromatic heterocycles. The number of para-hydroxylation sites is 1. The first kappa shape index (κ1) is 17.1. The maximum Gasteiger partial charge on any atom is 0.318 e. The quantitative estimate of drug-likeness (QED) is 0.441. The first-order valence-electron chi connectivity index (χ1n) is 7.04. The lowest BCUT2D eigenvalue weighted by molar-refractivity contribution is -0.139. The van der Waals surface area contributed by atoms with E-state index >= 15 is 0 Å². The van der Waals surface area contributed by atoms with Crippen LogP contribution in [0.3, 0.4) is 0 Å². The first-order chi connectivity index (χ1) is 11.1. The summed E-state index contributed by atoms with van der Waals surface area (Å²) in [6.07, 6.45) is 1.76. The average Bonchev–Trinajstić information content (AvgIpc) is 2.96. The van der Waals surface area contributed by atoms with Crippen molar-refractivity contribution in [1.29, 1.82) is 0 Å². The van der Waals surface area contributed by atoms with Gasteiger partial charge >= 0.3 is 5.97 Å². The van der Waals surface area contributed by atoms with Gasteiger partial charge in [-0.25, -0.2) is 0 Å². The highest BCUT2D eigenvalue weighted by Gasteiger charge is 2.21. The molecule has 7 heteroatoms. The lowest BCUT2D eigenvalue weighted by Gasteiger charge is -2.12. The van der Waals surface area contributed by atoms with Gasteiger partial charge in [-0.05, 0) is 19.1 Å². The Labute approximate surface area is 139 Å². The monoisotopic (exact) mass is 333 g/mol. The zero-order valence-corrected chi connectivity index (χ0v) is 14.2. The molecule has 0 fully saturated rings. The number of thioether (sulfide) groups is 1. The summed E-state index contributed by atoms with van der Waals surface area (Å²) < 4.78 is 12.0. The zero-order chi connectivity index (χ0) is 16.8. The molecule has 23 heavy (non-hydrogen) atoms. The summed E-state index contributed by atoms with van der Waals surface area (Å²) in [6.45, 7) is 6.07.